The Labute approximate surface area is 114 Å². The Morgan fingerprint density at radius 1 is 1.32 bits per heavy atom. The highest BCUT2D eigenvalue weighted by atomic mass is 16.3. The van der Waals surface area contributed by atoms with Gasteiger partial charge in [-0.3, -0.25) is 4.79 Å². The van der Waals surface area contributed by atoms with Crippen molar-refractivity contribution < 1.29 is 9.90 Å². The lowest BCUT2D eigenvalue weighted by Crippen LogP contribution is -2.42. The Balaban J connectivity index is 2.09. The number of rotatable bonds is 2. The van der Waals surface area contributed by atoms with Gasteiger partial charge in [-0.2, -0.15) is 0 Å². The number of hydrogen-bond acceptors (Lipinski definition) is 3. The summed E-state index contributed by atoms with van der Waals surface area (Å²) >= 11 is 0. The standard InChI is InChI=1S/C15H22N2O2/c1-10-7-8-12(16)11(9-10)15(19)17-13-5-3-2-4-6-14(13)18/h7-9,13-14,18H,2-6,16H2,1H3,(H,17,19). The van der Waals surface area contributed by atoms with Gasteiger partial charge in [-0.15, -0.1) is 0 Å². The van der Waals surface area contributed by atoms with E-state index in [4.69, 9.17) is 5.73 Å². The number of anilines is 1. The van der Waals surface area contributed by atoms with Crippen LogP contribution >= 0.6 is 0 Å². The molecule has 0 aliphatic heterocycles. The fourth-order valence-electron chi connectivity index (χ4n) is 2.57. The summed E-state index contributed by atoms with van der Waals surface area (Å²) in [6, 6.07) is 5.25. The van der Waals surface area contributed by atoms with Crippen molar-refractivity contribution in [3.63, 3.8) is 0 Å². The summed E-state index contributed by atoms with van der Waals surface area (Å²) in [4.78, 5) is 12.2. The Kier molecular flexibility index (Phi) is 4.43. The SMILES string of the molecule is Cc1ccc(N)c(C(=O)NC2CCCCCC2O)c1. The monoisotopic (exact) mass is 262 g/mol. The minimum absolute atomic E-state index is 0.157. The number of aliphatic hydroxyl groups excluding tert-OH is 1. The van der Waals surface area contributed by atoms with Crippen LogP contribution in [0.15, 0.2) is 18.2 Å². The summed E-state index contributed by atoms with van der Waals surface area (Å²) in [6.45, 7) is 1.93. The van der Waals surface area contributed by atoms with Crippen LogP contribution in [0.5, 0.6) is 0 Å². The van der Waals surface area contributed by atoms with Crippen LogP contribution in [-0.2, 0) is 0 Å². The molecule has 0 aromatic heterocycles. The zero-order valence-corrected chi connectivity index (χ0v) is 11.4. The van der Waals surface area contributed by atoms with Gasteiger partial charge in [0.25, 0.3) is 5.91 Å². The molecule has 1 aromatic rings. The van der Waals surface area contributed by atoms with E-state index in [0.717, 1.165) is 37.7 Å². The summed E-state index contributed by atoms with van der Waals surface area (Å²) in [5, 5.41) is 12.9. The maximum atomic E-state index is 12.2. The third-order valence-corrected chi connectivity index (χ3v) is 3.75. The first-order valence-electron chi connectivity index (χ1n) is 6.93. The molecule has 1 fully saturated rings. The molecule has 1 saturated carbocycles. The summed E-state index contributed by atoms with van der Waals surface area (Å²) in [5.41, 5.74) is 7.81. The van der Waals surface area contributed by atoms with Gasteiger partial charge >= 0.3 is 0 Å². The normalized spacial score (nSPS) is 23.7. The molecule has 0 saturated heterocycles. The Morgan fingerprint density at radius 2 is 2.05 bits per heavy atom. The largest absolute Gasteiger partial charge is 0.398 e. The zero-order chi connectivity index (χ0) is 13.8. The average molecular weight is 262 g/mol. The fraction of sp³-hybridized carbons (Fsp3) is 0.533. The van der Waals surface area contributed by atoms with Gasteiger partial charge in [-0.05, 0) is 31.9 Å². The van der Waals surface area contributed by atoms with Crippen molar-refractivity contribution in [1.82, 2.24) is 5.32 Å². The molecule has 2 unspecified atom stereocenters. The van der Waals surface area contributed by atoms with E-state index in [1.54, 1.807) is 12.1 Å². The second-order valence-electron chi connectivity index (χ2n) is 5.38. The molecule has 1 amide bonds. The van der Waals surface area contributed by atoms with E-state index in [0.29, 0.717) is 11.3 Å². The van der Waals surface area contributed by atoms with Crippen molar-refractivity contribution in [1.29, 1.82) is 0 Å². The van der Waals surface area contributed by atoms with Crippen LogP contribution in [0.25, 0.3) is 0 Å². The van der Waals surface area contributed by atoms with Crippen LogP contribution in [0, 0.1) is 6.92 Å². The van der Waals surface area contributed by atoms with Crippen LogP contribution < -0.4 is 11.1 Å². The van der Waals surface area contributed by atoms with Gasteiger partial charge in [0.2, 0.25) is 0 Å². The Morgan fingerprint density at radius 3 is 2.84 bits per heavy atom. The molecule has 104 valence electrons. The molecule has 0 spiro atoms. The smallest absolute Gasteiger partial charge is 0.253 e. The number of nitrogens with one attached hydrogen (secondary N) is 1. The first-order valence-corrected chi connectivity index (χ1v) is 6.93. The quantitative estimate of drug-likeness (QED) is 0.563. The number of aryl methyl sites for hydroxylation is 1. The van der Waals surface area contributed by atoms with Crippen molar-refractivity contribution >= 4 is 11.6 Å². The molecule has 0 heterocycles. The summed E-state index contributed by atoms with van der Waals surface area (Å²) < 4.78 is 0. The van der Waals surface area contributed by atoms with Crippen LogP contribution in [0.2, 0.25) is 0 Å². The van der Waals surface area contributed by atoms with Gasteiger partial charge in [-0.1, -0.05) is 30.9 Å². The zero-order valence-electron chi connectivity index (χ0n) is 11.4. The van der Waals surface area contributed by atoms with Gasteiger partial charge in [0.1, 0.15) is 0 Å². The number of carbonyl (C=O) groups is 1. The molecule has 0 radical (unpaired) electrons. The van der Waals surface area contributed by atoms with Crippen molar-refractivity contribution in [2.24, 2.45) is 0 Å². The van der Waals surface area contributed by atoms with Crippen molar-refractivity contribution in [2.45, 2.75) is 51.2 Å². The van der Waals surface area contributed by atoms with E-state index in [9.17, 15) is 9.90 Å². The number of amides is 1. The summed E-state index contributed by atoms with van der Waals surface area (Å²) in [5.74, 6) is -0.188. The first-order chi connectivity index (χ1) is 9.08. The molecule has 0 bridgehead atoms. The minimum Gasteiger partial charge on any atom is -0.398 e. The third-order valence-electron chi connectivity index (χ3n) is 3.75. The number of nitrogens with two attached hydrogens (primary N) is 1. The van der Waals surface area contributed by atoms with Gasteiger partial charge in [0.15, 0.2) is 0 Å². The Bertz CT molecular complexity index is 459. The highest BCUT2D eigenvalue weighted by Crippen LogP contribution is 2.19. The molecular formula is C15H22N2O2. The second kappa shape index (κ2) is 6.06. The van der Waals surface area contributed by atoms with E-state index >= 15 is 0 Å². The fourth-order valence-corrected chi connectivity index (χ4v) is 2.57. The molecule has 4 N–H and O–H groups in total. The van der Waals surface area contributed by atoms with Crippen molar-refractivity contribution in [3.05, 3.63) is 29.3 Å². The molecule has 1 aliphatic carbocycles. The van der Waals surface area contributed by atoms with E-state index < -0.39 is 6.10 Å². The molecule has 2 atom stereocenters. The third kappa shape index (κ3) is 3.47. The first kappa shape index (κ1) is 13.9. The predicted molar refractivity (Wildman–Crippen MR) is 75.9 cm³/mol. The van der Waals surface area contributed by atoms with E-state index in [1.165, 1.54) is 0 Å². The molecule has 2 rings (SSSR count). The van der Waals surface area contributed by atoms with Crippen molar-refractivity contribution in [2.75, 3.05) is 5.73 Å². The number of carbonyl (C=O) groups excluding carboxylic acids is 1. The minimum atomic E-state index is -0.447. The highest BCUT2D eigenvalue weighted by molar-refractivity contribution is 5.99. The van der Waals surface area contributed by atoms with Crippen LogP contribution in [0.1, 0.15) is 48.0 Å². The van der Waals surface area contributed by atoms with Crippen LogP contribution in [-0.4, -0.2) is 23.2 Å². The Hall–Kier alpha value is -1.55. The lowest BCUT2D eigenvalue weighted by atomic mass is 10.0. The molecule has 19 heavy (non-hydrogen) atoms. The van der Waals surface area contributed by atoms with Crippen molar-refractivity contribution in [3.8, 4) is 0 Å². The lowest BCUT2D eigenvalue weighted by molar-refractivity contribution is 0.0819. The second-order valence-corrected chi connectivity index (χ2v) is 5.38. The molecule has 1 aromatic carbocycles. The average Bonchev–Trinajstić information content (AvgIpc) is 2.58. The molecule has 4 nitrogen and oxygen atoms in total. The summed E-state index contributed by atoms with van der Waals surface area (Å²) in [6.07, 6.45) is 4.34. The van der Waals surface area contributed by atoms with Gasteiger partial charge in [0, 0.05) is 5.69 Å². The van der Waals surface area contributed by atoms with E-state index in [2.05, 4.69) is 5.32 Å². The van der Waals surface area contributed by atoms with Gasteiger partial charge in [0.05, 0.1) is 17.7 Å². The summed E-state index contributed by atoms with van der Waals surface area (Å²) in [7, 11) is 0. The number of hydrogen-bond donors (Lipinski definition) is 3. The van der Waals surface area contributed by atoms with Crippen LogP contribution in [0.3, 0.4) is 0 Å². The van der Waals surface area contributed by atoms with Gasteiger partial charge < -0.3 is 16.2 Å². The maximum absolute atomic E-state index is 12.2. The van der Waals surface area contributed by atoms with E-state index in [1.807, 2.05) is 13.0 Å². The maximum Gasteiger partial charge on any atom is 0.253 e. The number of nitrogen functional groups attached to an aromatic ring is 1. The number of benzene rings is 1. The van der Waals surface area contributed by atoms with Gasteiger partial charge in [-0.25, -0.2) is 0 Å². The highest BCUT2D eigenvalue weighted by Gasteiger charge is 2.24. The van der Waals surface area contributed by atoms with E-state index in [-0.39, 0.29) is 11.9 Å². The molecule has 1 aliphatic rings. The predicted octanol–water partition coefficient (Wildman–Crippen LogP) is 2.00. The molecular weight excluding hydrogens is 240 g/mol. The number of aliphatic hydroxyl groups is 1. The lowest BCUT2D eigenvalue weighted by Gasteiger charge is -2.22. The molecule has 4 heteroatoms. The topological polar surface area (TPSA) is 75.4 Å². The van der Waals surface area contributed by atoms with Crippen LogP contribution in [0.4, 0.5) is 5.69 Å².